The Kier molecular flexibility index (Phi) is 8.13. The Morgan fingerprint density at radius 2 is 1.95 bits per heavy atom. The largest absolute Gasteiger partial charge is 0.460 e. The quantitative estimate of drug-likeness (QED) is 0.775. The molecule has 5 nitrogen and oxygen atoms in total. The molecule has 0 radical (unpaired) electrons. The molecule has 0 aromatic rings. The van der Waals surface area contributed by atoms with Gasteiger partial charge in [0.1, 0.15) is 5.60 Å². The SMILES string of the molecule is CNC(=O)C1CCC(CCC(=O)OC(C)(C)C)CN1.Cl. The summed E-state index contributed by atoms with van der Waals surface area (Å²) in [5.41, 5.74) is -0.411. The van der Waals surface area contributed by atoms with Crippen LogP contribution in [0.5, 0.6) is 0 Å². The number of carbonyl (C=O) groups excluding carboxylic acids is 2. The highest BCUT2D eigenvalue weighted by molar-refractivity contribution is 5.85. The average Bonchev–Trinajstić information content (AvgIpc) is 2.34. The maximum Gasteiger partial charge on any atom is 0.306 e. The Bertz CT molecular complexity index is 321. The zero-order chi connectivity index (χ0) is 14.5. The van der Waals surface area contributed by atoms with Crippen molar-refractivity contribution in [3.8, 4) is 0 Å². The van der Waals surface area contributed by atoms with Crippen molar-refractivity contribution in [1.82, 2.24) is 10.6 Å². The maximum absolute atomic E-state index is 11.6. The van der Waals surface area contributed by atoms with E-state index in [0.29, 0.717) is 12.3 Å². The number of halogens is 1. The van der Waals surface area contributed by atoms with Crippen molar-refractivity contribution in [2.24, 2.45) is 5.92 Å². The van der Waals surface area contributed by atoms with Gasteiger partial charge in [0.05, 0.1) is 6.04 Å². The number of carbonyl (C=O) groups is 2. The minimum atomic E-state index is -0.411. The number of hydrogen-bond donors (Lipinski definition) is 2. The fraction of sp³-hybridized carbons (Fsp3) is 0.857. The summed E-state index contributed by atoms with van der Waals surface area (Å²) in [5, 5.41) is 5.88. The van der Waals surface area contributed by atoms with Crippen LogP contribution >= 0.6 is 12.4 Å². The second-order valence-electron chi connectivity index (χ2n) is 6.14. The Balaban J connectivity index is 0.00000361. The number of piperidine rings is 1. The molecule has 1 heterocycles. The van der Waals surface area contributed by atoms with Crippen LogP contribution in [-0.2, 0) is 14.3 Å². The van der Waals surface area contributed by atoms with E-state index in [1.807, 2.05) is 20.8 Å². The number of esters is 1. The van der Waals surface area contributed by atoms with E-state index in [9.17, 15) is 9.59 Å². The zero-order valence-electron chi connectivity index (χ0n) is 12.8. The van der Waals surface area contributed by atoms with Gasteiger partial charge in [0.2, 0.25) is 5.91 Å². The van der Waals surface area contributed by atoms with Crippen molar-refractivity contribution in [2.75, 3.05) is 13.6 Å². The Hall–Kier alpha value is -0.810. The third-order valence-electron chi connectivity index (χ3n) is 3.26. The van der Waals surface area contributed by atoms with E-state index in [4.69, 9.17) is 4.74 Å². The predicted molar refractivity (Wildman–Crippen MR) is 80.9 cm³/mol. The van der Waals surface area contributed by atoms with Gasteiger partial charge in [0.25, 0.3) is 0 Å². The van der Waals surface area contributed by atoms with Gasteiger partial charge in [-0.3, -0.25) is 9.59 Å². The van der Waals surface area contributed by atoms with Crippen LogP contribution in [-0.4, -0.2) is 37.1 Å². The van der Waals surface area contributed by atoms with Crippen molar-refractivity contribution in [3.63, 3.8) is 0 Å². The molecule has 1 saturated heterocycles. The minimum Gasteiger partial charge on any atom is -0.460 e. The summed E-state index contributed by atoms with van der Waals surface area (Å²) in [4.78, 5) is 23.1. The Labute approximate surface area is 127 Å². The van der Waals surface area contributed by atoms with E-state index in [1.165, 1.54) is 0 Å². The summed E-state index contributed by atoms with van der Waals surface area (Å²) in [7, 11) is 1.65. The van der Waals surface area contributed by atoms with E-state index in [0.717, 1.165) is 25.8 Å². The average molecular weight is 307 g/mol. The third-order valence-corrected chi connectivity index (χ3v) is 3.26. The predicted octanol–water partition coefficient (Wildman–Crippen LogP) is 1.64. The number of amides is 1. The molecule has 0 bridgehead atoms. The van der Waals surface area contributed by atoms with Gasteiger partial charge in [-0.05, 0) is 52.5 Å². The molecule has 0 aliphatic carbocycles. The first-order chi connectivity index (χ1) is 8.81. The standard InChI is InChI=1S/C14H26N2O3.ClH/c1-14(2,3)19-12(17)8-6-10-5-7-11(16-9-10)13(18)15-4;/h10-11,16H,5-9H2,1-4H3,(H,15,18);1H. The molecule has 0 spiro atoms. The lowest BCUT2D eigenvalue weighted by Gasteiger charge is -2.29. The minimum absolute atomic E-state index is 0. The fourth-order valence-corrected chi connectivity index (χ4v) is 2.27. The second-order valence-corrected chi connectivity index (χ2v) is 6.14. The lowest BCUT2D eigenvalue weighted by molar-refractivity contribution is -0.155. The molecule has 2 unspecified atom stereocenters. The highest BCUT2D eigenvalue weighted by atomic mass is 35.5. The normalized spacial score (nSPS) is 22.6. The fourth-order valence-electron chi connectivity index (χ4n) is 2.27. The first-order valence-corrected chi connectivity index (χ1v) is 6.98. The topological polar surface area (TPSA) is 67.4 Å². The van der Waals surface area contributed by atoms with Crippen LogP contribution in [0.1, 0.15) is 46.5 Å². The summed E-state index contributed by atoms with van der Waals surface area (Å²) in [6, 6.07) is -0.0808. The number of hydrogen-bond acceptors (Lipinski definition) is 4. The monoisotopic (exact) mass is 306 g/mol. The highest BCUT2D eigenvalue weighted by Gasteiger charge is 2.25. The Morgan fingerprint density at radius 3 is 2.40 bits per heavy atom. The maximum atomic E-state index is 11.6. The van der Waals surface area contributed by atoms with E-state index in [2.05, 4.69) is 10.6 Å². The van der Waals surface area contributed by atoms with E-state index in [-0.39, 0.29) is 30.3 Å². The molecule has 1 aliphatic rings. The summed E-state index contributed by atoms with van der Waals surface area (Å²) in [6.45, 7) is 6.42. The van der Waals surface area contributed by atoms with Gasteiger partial charge in [-0.2, -0.15) is 0 Å². The lowest BCUT2D eigenvalue weighted by Crippen LogP contribution is -2.48. The highest BCUT2D eigenvalue weighted by Crippen LogP contribution is 2.20. The number of likely N-dealkylation sites (N-methyl/N-ethyl adjacent to an activating group) is 1. The van der Waals surface area contributed by atoms with Crippen molar-refractivity contribution in [1.29, 1.82) is 0 Å². The number of ether oxygens (including phenoxy) is 1. The summed E-state index contributed by atoms with van der Waals surface area (Å²) in [5.74, 6) is 0.361. The van der Waals surface area contributed by atoms with Crippen LogP contribution in [0.15, 0.2) is 0 Å². The van der Waals surface area contributed by atoms with Gasteiger partial charge >= 0.3 is 5.97 Å². The number of rotatable bonds is 4. The van der Waals surface area contributed by atoms with Crippen LogP contribution < -0.4 is 10.6 Å². The van der Waals surface area contributed by atoms with Gasteiger partial charge in [-0.1, -0.05) is 0 Å². The molecule has 1 rings (SSSR count). The molecule has 1 aliphatic heterocycles. The van der Waals surface area contributed by atoms with Gasteiger partial charge in [-0.15, -0.1) is 12.4 Å². The zero-order valence-corrected chi connectivity index (χ0v) is 13.6. The molecule has 20 heavy (non-hydrogen) atoms. The molecule has 0 aromatic heterocycles. The van der Waals surface area contributed by atoms with Gasteiger partial charge in [-0.25, -0.2) is 0 Å². The van der Waals surface area contributed by atoms with Gasteiger partial charge in [0, 0.05) is 13.5 Å². The molecular weight excluding hydrogens is 280 g/mol. The first-order valence-electron chi connectivity index (χ1n) is 6.98. The van der Waals surface area contributed by atoms with Crippen LogP contribution in [0.3, 0.4) is 0 Å². The third kappa shape index (κ3) is 7.10. The van der Waals surface area contributed by atoms with Crippen molar-refractivity contribution < 1.29 is 14.3 Å². The Morgan fingerprint density at radius 1 is 1.30 bits per heavy atom. The number of nitrogens with one attached hydrogen (secondary N) is 2. The van der Waals surface area contributed by atoms with Crippen molar-refractivity contribution in [2.45, 2.75) is 58.1 Å². The smallest absolute Gasteiger partial charge is 0.306 e. The first kappa shape index (κ1) is 19.2. The van der Waals surface area contributed by atoms with Crippen LogP contribution in [0, 0.1) is 5.92 Å². The van der Waals surface area contributed by atoms with E-state index in [1.54, 1.807) is 7.05 Å². The summed E-state index contributed by atoms with van der Waals surface area (Å²) >= 11 is 0. The van der Waals surface area contributed by atoms with Crippen molar-refractivity contribution >= 4 is 24.3 Å². The molecule has 6 heteroatoms. The van der Waals surface area contributed by atoms with Gasteiger partial charge in [0.15, 0.2) is 0 Å². The summed E-state index contributed by atoms with van der Waals surface area (Å²) in [6.07, 6.45) is 3.09. The molecule has 1 fully saturated rings. The molecule has 0 saturated carbocycles. The molecule has 1 amide bonds. The molecule has 118 valence electrons. The van der Waals surface area contributed by atoms with Crippen molar-refractivity contribution in [3.05, 3.63) is 0 Å². The molecule has 0 aromatic carbocycles. The van der Waals surface area contributed by atoms with Crippen LogP contribution in [0.2, 0.25) is 0 Å². The lowest BCUT2D eigenvalue weighted by atomic mass is 9.91. The van der Waals surface area contributed by atoms with Crippen LogP contribution in [0.4, 0.5) is 0 Å². The molecule has 2 atom stereocenters. The molecular formula is C14H27ClN2O3. The second kappa shape index (κ2) is 8.47. The van der Waals surface area contributed by atoms with Gasteiger partial charge < -0.3 is 15.4 Å². The van der Waals surface area contributed by atoms with E-state index < -0.39 is 5.60 Å². The molecule has 2 N–H and O–H groups in total. The summed E-state index contributed by atoms with van der Waals surface area (Å²) < 4.78 is 5.28. The van der Waals surface area contributed by atoms with Crippen LogP contribution in [0.25, 0.3) is 0 Å². The van der Waals surface area contributed by atoms with E-state index >= 15 is 0 Å².